The van der Waals surface area contributed by atoms with E-state index in [1.807, 2.05) is 0 Å². The first-order valence-corrected chi connectivity index (χ1v) is 7.24. The van der Waals surface area contributed by atoms with Gasteiger partial charge in [0.05, 0.1) is 24.5 Å². The highest BCUT2D eigenvalue weighted by Crippen LogP contribution is 2.23. The number of nitrogen functional groups attached to an aromatic ring is 1. The number of hydrogen-bond donors (Lipinski definition) is 1. The van der Waals surface area contributed by atoms with Gasteiger partial charge in [-0.15, -0.1) is 0 Å². The zero-order valence-corrected chi connectivity index (χ0v) is 12.6. The van der Waals surface area contributed by atoms with E-state index in [-0.39, 0.29) is 5.97 Å². The molecule has 0 radical (unpaired) electrons. The third-order valence-corrected chi connectivity index (χ3v) is 2.93. The molecule has 1 aromatic rings. The highest BCUT2D eigenvalue weighted by atomic mass is 16.5. The van der Waals surface area contributed by atoms with Crippen molar-refractivity contribution in [2.75, 3.05) is 18.9 Å². The normalized spacial score (nSPS) is 10.6. The van der Waals surface area contributed by atoms with Crippen LogP contribution in [0.15, 0.2) is 18.2 Å². The van der Waals surface area contributed by atoms with E-state index in [2.05, 4.69) is 20.8 Å². The highest BCUT2D eigenvalue weighted by Gasteiger charge is 2.10. The summed E-state index contributed by atoms with van der Waals surface area (Å²) in [4.78, 5) is 11.8. The van der Waals surface area contributed by atoms with Gasteiger partial charge in [0, 0.05) is 0 Å². The molecule has 1 rings (SSSR count). The standard InChI is InChI=1S/C16H25NO3/c1-4-5-9-20-16(18)13-6-7-15(14(17)11-13)19-10-8-12(2)3/h6-7,11-12H,4-5,8-10,17H2,1-3H3. The van der Waals surface area contributed by atoms with Crippen LogP contribution in [0.2, 0.25) is 0 Å². The third kappa shape index (κ3) is 5.51. The van der Waals surface area contributed by atoms with Crippen LogP contribution in [0.1, 0.15) is 50.4 Å². The first-order valence-electron chi connectivity index (χ1n) is 7.24. The lowest BCUT2D eigenvalue weighted by Crippen LogP contribution is -2.08. The maximum absolute atomic E-state index is 11.8. The molecule has 0 spiro atoms. The Kier molecular flexibility index (Phi) is 6.91. The van der Waals surface area contributed by atoms with Crippen molar-refractivity contribution in [3.8, 4) is 5.75 Å². The predicted molar refractivity (Wildman–Crippen MR) is 81.0 cm³/mol. The fourth-order valence-corrected chi connectivity index (χ4v) is 1.60. The van der Waals surface area contributed by atoms with Gasteiger partial charge < -0.3 is 15.2 Å². The first kappa shape index (κ1) is 16.3. The van der Waals surface area contributed by atoms with Crippen molar-refractivity contribution >= 4 is 11.7 Å². The number of anilines is 1. The molecule has 4 nitrogen and oxygen atoms in total. The lowest BCUT2D eigenvalue weighted by molar-refractivity contribution is 0.0500. The second kappa shape index (κ2) is 8.46. The molecule has 0 saturated carbocycles. The molecule has 112 valence electrons. The summed E-state index contributed by atoms with van der Waals surface area (Å²) in [6.07, 6.45) is 2.84. The Morgan fingerprint density at radius 3 is 2.65 bits per heavy atom. The third-order valence-electron chi connectivity index (χ3n) is 2.93. The van der Waals surface area contributed by atoms with E-state index in [1.165, 1.54) is 0 Å². The fraction of sp³-hybridized carbons (Fsp3) is 0.562. The van der Waals surface area contributed by atoms with Crippen molar-refractivity contribution < 1.29 is 14.3 Å². The van der Waals surface area contributed by atoms with Gasteiger partial charge in [-0.2, -0.15) is 0 Å². The van der Waals surface area contributed by atoms with Crippen molar-refractivity contribution in [1.82, 2.24) is 0 Å². The summed E-state index contributed by atoms with van der Waals surface area (Å²) in [6, 6.07) is 5.03. The summed E-state index contributed by atoms with van der Waals surface area (Å²) in [5.74, 6) is 0.874. The maximum atomic E-state index is 11.8. The second-order valence-corrected chi connectivity index (χ2v) is 5.27. The lowest BCUT2D eigenvalue weighted by Gasteiger charge is -2.11. The van der Waals surface area contributed by atoms with E-state index < -0.39 is 0 Å². The minimum atomic E-state index is -0.334. The van der Waals surface area contributed by atoms with Crippen LogP contribution in [-0.4, -0.2) is 19.2 Å². The van der Waals surface area contributed by atoms with Crippen molar-refractivity contribution in [2.24, 2.45) is 5.92 Å². The molecule has 0 aliphatic heterocycles. The maximum Gasteiger partial charge on any atom is 0.338 e. The van der Waals surface area contributed by atoms with Gasteiger partial charge in [0.1, 0.15) is 5.75 Å². The molecule has 1 aromatic carbocycles. The van der Waals surface area contributed by atoms with Gasteiger partial charge in [-0.1, -0.05) is 27.2 Å². The van der Waals surface area contributed by atoms with Crippen LogP contribution in [-0.2, 0) is 4.74 Å². The number of hydrogen-bond acceptors (Lipinski definition) is 4. The molecule has 0 saturated heterocycles. The number of benzene rings is 1. The summed E-state index contributed by atoms with van der Waals surface area (Å²) >= 11 is 0. The van der Waals surface area contributed by atoms with Crippen molar-refractivity contribution in [3.05, 3.63) is 23.8 Å². The van der Waals surface area contributed by atoms with E-state index in [0.717, 1.165) is 19.3 Å². The molecule has 0 bridgehead atoms. The Labute approximate surface area is 121 Å². The number of unbranched alkanes of at least 4 members (excludes halogenated alkanes) is 1. The molecule has 0 aromatic heterocycles. The first-order chi connectivity index (χ1) is 9.54. The molecule has 0 amide bonds. The monoisotopic (exact) mass is 279 g/mol. The van der Waals surface area contributed by atoms with Crippen molar-refractivity contribution in [1.29, 1.82) is 0 Å². The Hall–Kier alpha value is -1.71. The van der Waals surface area contributed by atoms with E-state index in [9.17, 15) is 4.79 Å². The molecule has 0 atom stereocenters. The molecule has 2 N–H and O–H groups in total. The van der Waals surface area contributed by atoms with E-state index in [1.54, 1.807) is 18.2 Å². The van der Waals surface area contributed by atoms with E-state index in [0.29, 0.717) is 36.1 Å². The van der Waals surface area contributed by atoms with Gasteiger partial charge in [-0.05, 0) is 37.0 Å². The average Bonchev–Trinajstić information content (AvgIpc) is 2.40. The van der Waals surface area contributed by atoms with Gasteiger partial charge in [-0.25, -0.2) is 4.79 Å². The number of ether oxygens (including phenoxy) is 2. The molecule has 0 aliphatic rings. The van der Waals surface area contributed by atoms with Gasteiger partial charge >= 0.3 is 5.97 Å². The zero-order valence-electron chi connectivity index (χ0n) is 12.6. The lowest BCUT2D eigenvalue weighted by atomic mass is 10.1. The summed E-state index contributed by atoms with van der Waals surface area (Å²) < 4.78 is 10.7. The minimum absolute atomic E-state index is 0.334. The quantitative estimate of drug-likeness (QED) is 0.448. The number of carbonyl (C=O) groups is 1. The van der Waals surface area contributed by atoms with Crippen LogP contribution >= 0.6 is 0 Å². The van der Waals surface area contributed by atoms with Gasteiger partial charge in [-0.3, -0.25) is 0 Å². The molecule has 0 aliphatic carbocycles. The largest absolute Gasteiger partial charge is 0.491 e. The Balaban J connectivity index is 2.56. The number of nitrogens with two attached hydrogens (primary N) is 1. The van der Waals surface area contributed by atoms with Crippen LogP contribution in [0.25, 0.3) is 0 Å². The highest BCUT2D eigenvalue weighted by molar-refractivity contribution is 5.91. The smallest absolute Gasteiger partial charge is 0.338 e. The molecule has 4 heteroatoms. The summed E-state index contributed by atoms with van der Waals surface area (Å²) in [5, 5.41) is 0. The van der Waals surface area contributed by atoms with E-state index >= 15 is 0 Å². The summed E-state index contributed by atoms with van der Waals surface area (Å²) in [7, 11) is 0. The van der Waals surface area contributed by atoms with E-state index in [4.69, 9.17) is 15.2 Å². The topological polar surface area (TPSA) is 61.5 Å². The summed E-state index contributed by atoms with van der Waals surface area (Å²) in [5.41, 5.74) is 6.84. The van der Waals surface area contributed by atoms with Crippen LogP contribution in [0.5, 0.6) is 5.75 Å². The van der Waals surface area contributed by atoms with Crippen molar-refractivity contribution in [2.45, 2.75) is 40.0 Å². The average molecular weight is 279 g/mol. The Bertz CT molecular complexity index is 430. The SMILES string of the molecule is CCCCOC(=O)c1ccc(OCCC(C)C)c(N)c1. The van der Waals surface area contributed by atoms with Crippen LogP contribution in [0, 0.1) is 5.92 Å². The fourth-order valence-electron chi connectivity index (χ4n) is 1.60. The van der Waals surface area contributed by atoms with Crippen LogP contribution in [0.3, 0.4) is 0 Å². The number of rotatable bonds is 8. The summed E-state index contributed by atoms with van der Waals surface area (Å²) in [6.45, 7) is 7.41. The molecule has 0 fully saturated rings. The van der Waals surface area contributed by atoms with Crippen LogP contribution in [0.4, 0.5) is 5.69 Å². The molecule has 20 heavy (non-hydrogen) atoms. The van der Waals surface area contributed by atoms with Gasteiger partial charge in [0.2, 0.25) is 0 Å². The van der Waals surface area contributed by atoms with Gasteiger partial charge in [0.15, 0.2) is 0 Å². The number of esters is 1. The predicted octanol–water partition coefficient (Wildman–Crippen LogP) is 3.65. The minimum Gasteiger partial charge on any atom is -0.491 e. The molecular formula is C16H25NO3. The van der Waals surface area contributed by atoms with Crippen molar-refractivity contribution in [3.63, 3.8) is 0 Å². The molecule has 0 unspecified atom stereocenters. The molecule has 0 heterocycles. The second-order valence-electron chi connectivity index (χ2n) is 5.27. The van der Waals surface area contributed by atoms with Crippen LogP contribution < -0.4 is 10.5 Å². The van der Waals surface area contributed by atoms with Gasteiger partial charge in [0.25, 0.3) is 0 Å². The number of carbonyl (C=O) groups excluding carboxylic acids is 1. The molecular weight excluding hydrogens is 254 g/mol. The Morgan fingerprint density at radius 2 is 2.05 bits per heavy atom. The zero-order chi connectivity index (χ0) is 15.0. The Morgan fingerprint density at radius 1 is 1.30 bits per heavy atom.